The molecule has 0 amide bonds. The van der Waals surface area contributed by atoms with Gasteiger partial charge in [-0.1, -0.05) is 58.5 Å². The normalized spacial score (nSPS) is 16.0. The maximum atomic E-state index is 6.05. The Labute approximate surface area is 119 Å². The first-order valence-corrected chi connectivity index (χ1v) is 6.16. The number of alkyl halides is 3. The molecule has 2 rings (SSSR count). The summed E-state index contributed by atoms with van der Waals surface area (Å²) in [5, 5.41) is 0.617. The third kappa shape index (κ3) is 3.05. The highest BCUT2D eigenvalue weighted by molar-refractivity contribution is 6.76. The van der Waals surface area contributed by atoms with Gasteiger partial charge in [0.1, 0.15) is 6.67 Å². The van der Waals surface area contributed by atoms with Gasteiger partial charge in [-0.15, -0.1) is 0 Å². The molecular formula is C10H7Cl4N3. The largest absolute Gasteiger partial charge is 0.311 e. The van der Waals surface area contributed by atoms with Crippen LogP contribution in [0.4, 0.5) is 5.69 Å². The number of aliphatic imine (C=N–C) groups is 2. The number of hydrogen-bond acceptors (Lipinski definition) is 3. The number of nitrogens with zero attached hydrogens (tertiary/aromatic N) is 3. The topological polar surface area (TPSA) is 28.0 Å². The molecule has 7 heteroatoms. The summed E-state index contributed by atoms with van der Waals surface area (Å²) < 4.78 is -1.59. The van der Waals surface area contributed by atoms with Gasteiger partial charge >= 0.3 is 0 Å². The molecule has 0 fully saturated rings. The summed E-state index contributed by atoms with van der Waals surface area (Å²) in [6.45, 7) is 0.316. The summed E-state index contributed by atoms with van der Waals surface area (Å²) in [4.78, 5) is 9.85. The molecule has 0 bridgehead atoms. The molecule has 1 aromatic rings. The first-order valence-electron chi connectivity index (χ1n) is 4.65. The van der Waals surface area contributed by atoms with Crippen molar-refractivity contribution < 1.29 is 0 Å². The first-order chi connectivity index (χ1) is 7.98. The van der Waals surface area contributed by atoms with Crippen LogP contribution in [0.15, 0.2) is 34.3 Å². The van der Waals surface area contributed by atoms with Gasteiger partial charge in [0.15, 0.2) is 5.84 Å². The molecule has 0 saturated heterocycles. The van der Waals surface area contributed by atoms with E-state index in [-0.39, 0.29) is 5.84 Å². The minimum Gasteiger partial charge on any atom is -0.311 e. The molecule has 0 atom stereocenters. The summed E-state index contributed by atoms with van der Waals surface area (Å²) in [6, 6.07) is 7.38. The van der Waals surface area contributed by atoms with Crippen LogP contribution in [-0.4, -0.2) is 22.6 Å². The number of rotatable bonds is 1. The fourth-order valence-corrected chi connectivity index (χ4v) is 1.90. The molecule has 1 aliphatic rings. The number of benzene rings is 1. The van der Waals surface area contributed by atoms with Crippen LogP contribution in [0, 0.1) is 0 Å². The quantitative estimate of drug-likeness (QED) is 0.723. The van der Waals surface area contributed by atoms with E-state index >= 15 is 0 Å². The van der Waals surface area contributed by atoms with Crippen molar-refractivity contribution in [2.45, 2.75) is 3.79 Å². The van der Waals surface area contributed by atoms with Crippen LogP contribution in [0.25, 0.3) is 0 Å². The van der Waals surface area contributed by atoms with Crippen molar-refractivity contribution in [2.75, 3.05) is 11.6 Å². The molecule has 1 aliphatic heterocycles. The van der Waals surface area contributed by atoms with Crippen molar-refractivity contribution in [2.24, 2.45) is 9.98 Å². The van der Waals surface area contributed by atoms with E-state index in [9.17, 15) is 0 Å². The van der Waals surface area contributed by atoms with Crippen LogP contribution in [0.5, 0.6) is 0 Å². The van der Waals surface area contributed by atoms with Gasteiger partial charge in [0.25, 0.3) is 0 Å². The van der Waals surface area contributed by atoms with Gasteiger partial charge in [-0.25, -0.2) is 9.98 Å². The average molecular weight is 311 g/mol. The summed E-state index contributed by atoms with van der Waals surface area (Å²) in [7, 11) is 0. The second kappa shape index (κ2) is 5.02. The van der Waals surface area contributed by atoms with Crippen LogP contribution < -0.4 is 4.90 Å². The van der Waals surface area contributed by atoms with E-state index in [1.54, 1.807) is 17.3 Å². The first kappa shape index (κ1) is 13.0. The lowest BCUT2D eigenvalue weighted by Crippen LogP contribution is -2.30. The number of hydrogen-bond donors (Lipinski definition) is 0. The van der Waals surface area contributed by atoms with Gasteiger partial charge in [-0.2, -0.15) is 0 Å². The maximum Gasteiger partial charge on any atom is 0.249 e. The van der Waals surface area contributed by atoms with Crippen LogP contribution >= 0.6 is 46.4 Å². The van der Waals surface area contributed by atoms with Gasteiger partial charge in [-0.05, 0) is 12.1 Å². The Kier molecular flexibility index (Phi) is 3.83. The monoisotopic (exact) mass is 309 g/mol. The van der Waals surface area contributed by atoms with E-state index in [1.165, 1.54) is 0 Å². The van der Waals surface area contributed by atoms with Crippen molar-refractivity contribution >= 4 is 64.3 Å². The van der Waals surface area contributed by atoms with Crippen molar-refractivity contribution in [1.29, 1.82) is 0 Å². The fourth-order valence-electron chi connectivity index (χ4n) is 1.33. The van der Waals surface area contributed by atoms with Crippen LogP contribution in [0.1, 0.15) is 0 Å². The predicted octanol–water partition coefficient (Wildman–Crippen LogP) is 3.91. The number of halogens is 4. The molecule has 17 heavy (non-hydrogen) atoms. The molecule has 0 unspecified atom stereocenters. The van der Waals surface area contributed by atoms with Gasteiger partial charge in [0.2, 0.25) is 3.79 Å². The van der Waals surface area contributed by atoms with Gasteiger partial charge < -0.3 is 4.90 Å². The molecule has 90 valence electrons. The maximum absolute atomic E-state index is 6.05. The minimum atomic E-state index is -1.59. The Morgan fingerprint density at radius 1 is 1.18 bits per heavy atom. The smallest absolute Gasteiger partial charge is 0.249 e. The molecule has 0 aliphatic carbocycles. The average Bonchev–Trinajstić information content (AvgIpc) is 2.29. The predicted molar refractivity (Wildman–Crippen MR) is 75.0 cm³/mol. The molecule has 1 aromatic carbocycles. The van der Waals surface area contributed by atoms with E-state index in [2.05, 4.69) is 9.98 Å². The molecule has 0 spiro atoms. The highest BCUT2D eigenvalue weighted by Gasteiger charge is 2.29. The van der Waals surface area contributed by atoms with E-state index in [0.717, 1.165) is 5.69 Å². The zero-order valence-corrected chi connectivity index (χ0v) is 11.5. The highest BCUT2D eigenvalue weighted by atomic mass is 35.6. The summed E-state index contributed by atoms with van der Waals surface area (Å²) >= 11 is 23.1. The Balaban J connectivity index is 2.19. The van der Waals surface area contributed by atoms with E-state index in [4.69, 9.17) is 46.4 Å². The van der Waals surface area contributed by atoms with Gasteiger partial charge in [0.05, 0.1) is 17.0 Å². The third-order valence-electron chi connectivity index (χ3n) is 2.11. The van der Waals surface area contributed by atoms with Crippen LogP contribution in [0.2, 0.25) is 5.02 Å². The van der Waals surface area contributed by atoms with Gasteiger partial charge in [0, 0.05) is 0 Å². The Hall–Kier alpha value is -0.480. The third-order valence-corrected chi connectivity index (χ3v) is 2.93. The Bertz CT molecular complexity index is 479. The van der Waals surface area contributed by atoms with Crippen LogP contribution in [-0.2, 0) is 0 Å². The van der Waals surface area contributed by atoms with E-state index < -0.39 is 3.79 Å². The lowest BCUT2D eigenvalue weighted by Gasteiger charge is -2.23. The molecule has 1 heterocycles. The fraction of sp³-hybridized carbons (Fsp3) is 0.200. The minimum absolute atomic E-state index is 0.172. The van der Waals surface area contributed by atoms with Crippen molar-refractivity contribution in [1.82, 2.24) is 0 Å². The standard InChI is InChI=1S/C10H7Cl4N3/c11-7-3-1-2-4-8(7)17-5-15-9(16-6-17)10(12,13)14/h1-5H,6H2. The summed E-state index contributed by atoms with van der Waals surface area (Å²) in [6.07, 6.45) is 1.55. The molecular weight excluding hydrogens is 304 g/mol. The molecule has 0 aromatic heterocycles. The zero-order valence-electron chi connectivity index (χ0n) is 8.45. The molecule has 3 nitrogen and oxygen atoms in total. The molecule has 0 saturated carbocycles. The lowest BCUT2D eigenvalue weighted by molar-refractivity contribution is 0.993. The lowest BCUT2D eigenvalue weighted by atomic mass is 10.3. The Morgan fingerprint density at radius 3 is 2.41 bits per heavy atom. The molecule has 0 radical (unpaired) electrons. The van der Waals surface area contributed by atoms with Crippen molar-refractivity contribution in [3.05, 3.63) is 29.3 Å². The van der Waals surface area contributed by atoms with E-state index in [1.807, 2.05) is 18.2 Å². The second-order valence-corrected chi connectivity index (χ2v) is 5.98. The highest BCUT2D eigenvalue weighted by Crippen LogP contribution is 2.31. The van der Waals surface area contributed by atoms with Crippen LogP contribution in [0.3, 0.4) is 0 Å². The summed E-state index contributed by atoms with van der Waals surface area (Å²) in [5.74, 6) is 0.172. The number of para-hydroxylation sites is 1. The SMILES string of the molecule is Clc1ccccc1N1C=NC(C(Cl)(Cl)Cl)=NC1. The molecule has 0 N–H and O–H groups in total. The van der Waals surface area contributed by atoms with E-state index in [0.29, 0.717) is 11.7 Å². The summed E-state index contributed by atoms with van der Waals surface area (Å²) in [5.41, 5.74) is 0.810. The van der Waals surface area contributed by atoms with Gasteiger partial charge in [-0.3, -0.25) is 0 Å². The number of amidine groups is 1. The Morgan fingerprint density at radius 2 is 1.88 bits per heavy atom. The number of anilines is 1. The second-order valence-electron chi connectivity index (χ2n) is 3.29. The zero-order chi connectivity index (χ0) is 12.5. The van der Waals surface area contributed by atoms with Crippen molar-refractivity contribution in [3.63, 3.8) is 0 Å². The van der Waals surface area contributed by atoms with Crippen molar-refractivity contribution in [3.8, 4) is 0 Å².